The van der Waals surface area contributed by atoms with Gasteiger partial charge in [-0.3, -0.25) is 0 Å². The number of aromatic carboxylic acids is 1. The largest absolute Gasteiger partial charge is 0.478 e. The van der Waals surface area contributed by atoms with Crippen LogP contribution in [0.25, 0.3) is 0 Å². The lowest BCUT2D eigenvalue weighted by atomic mass is 9.89. The van der Waals surface area contributed by atoms with E-state index in [0.29, 0.717) is 17.7 Å². The number of anilines is 1. The molecule has 0 radical (unpaired) electrons. The second-order valence-electron chi connectivity index (χ2n) is 6.12. The lowest BCUT2D eigenvalue weighted by molar-refractivity contribution is 0.0629. The first-order valence-corrected chi connectivity index (χ1v) is 7.84. The summed E-state index contributed by atoms with van der Waals surface area (Å²) < 4.78 is 5.55. The van der Waals surface area contributed by atoms with E-state index in [2.05, 4.69) is 4.90 Å². The first kappa shape index (κ1) is 14.4. The normalized spacial score (nSPS) is 25.5. The number of carboxylic acids is 1. The van der Waals surface area contributed by atoms with Gasteiger partial charge in [0.05, 0.1) is 11.7 Å². The van der Waals surface area contributed by atoms with Gasteiger partial charge in [-0.15, -0.1) is 0 Å². The van der Waals surface area contributed by atoms with E-state index in [9.17, 15) is 4.79 Å². The van der Waals surface area contributed by atoms with Crippen LogP contribution in [0, 0.1) is 0 Å². The minimum absolute atomic E-state index is 0.368. The van der Waals surface area contributed by atoms with Gasteiger partial charge < -0.3 is 14.7 Å². The van der Waals surface area contributed by atoms with Crippen LogP contribution in [-0.2, 0) is 11.2 Å². The zero-order valence-electron chi connectivity index (χ0n) is 12.5. The Hall–Kier alpha value is -1.55. The van der Waals surface area contributed by atoms with Gasteiger partial charge in [0.1, 0.15) is 0 Å². The average molecular weight is 289 g/mol. The summed E-state index contributed by atoms with van der Waals surface area (Å²) in [6.45, 7) is 1.07. The lowest BCUT2D eigenvalue weighted by Crippen LogP contribution is -2.43. The summed E-state index contributed by atoms with van der Waals surface area (Å²) >= 11 is 0. The number of aryl methyl sites for hydroxylation is 1. The standard InChI is InChI=1S/C17H23NO3/c1-21-15-6-2-5-14(11-15)18-9-3-4-12-10-13(17(19)20)7-8-16(12)18/h7-8,10,14-15H,2-6,9,11H2,1H3,(H,19,20). The van der Waals surface area contributed by atoms with Crippen molar-refractivity contribution in [2.45, 2.75) is 50.7 Å². The zero-order chi connectivity index (χ0) is 14.8. The molecule has 1 aromatic rings. The number of methoxy groups -OCH3 is 1. The van der Waals surface area contributed by atoms with E-state index in [0.717, 1.165) is 32.2 Å². The molecule has 4 nitrogen and oxygen atoms in total. The predicted octanol–water partition coefficient (Wildman–Crippen LogP) is 3.10. The molecule has 0 amide bonds. The van der Waals surface area contributed by atoms with Crippen molar-refractivity contribution < 1.29 is 14.6 Å². The zero-order valence-corrected chi connectivity index (χ0v) is 12.5. The van der Waals surface area contributed by atoms with Crippen molar-refractivity contribution in [1.29, 1.82) is 0 Å². The number of hydrogen-bond acceptors (Lipinski definition) is 3. The number of carbonyl (C=O) groups is 1. The van der Waals surface area contributed by atoms with Crippen molar-refractivity contribution in [3.8, 4) is 0 Å². The molecular formula is C17H23NO3. The molecule has 1 N–H and O–H groups in total. The maximum atomic E-state index is 11.1. The molecule has 21 heavy (non-hydrogen) atoms. The van der Waals surface area contributed by atoms with Crippen LogP contribution in [0.2, 0.25) is 0 Å². The highest BCUT2D eigenvalue weighted by Gasteiger charge is 2.29. The molecule has 1 saturated carbocycles. The van der Waals surface area contributed by atoms with Gasteiger partial charge >= 0.3 is 5.97 Å². The quantitative estimate of drug-likeness (QED) is 0.929. The summed E-state index contributed by atoms with van der Waals surface area (Å²) in [5, 5.41) is 9.14. The molecule has 114 valence electrons. The topological polar surface area (TPSA) is 49.8 Å². The van der Waals surface area contributed by atoms with E-state index in [1.54, 1.807) is 13.2 Å². The fraction of sp³-hybridized carbons (Fsp3) is 0.588. The third-order valence-corrected chi connectivity index (χ3v) is 4.85. The molecule has 2 atom stereocenters. The highest BCUT2D eigenvalue weighted by Crippen LogP contribution is 2.34. The number of carboxylic acid groups (broad SMARTS) is 1. The van der Waals surface area contributed by atoms with Crippen LogP contribution >= 0.6 is 0 Å². The maximum absolute atomic E-state index is 11.1. The molecule has 2 unspecified atom stereocenters. The summed E-state index contributed by atoms with van der Waals surface area (Å²) in [6.07, 6.45) is 7.11. The van der Waals surface area contributed by atoms with Gasteiger partial charge in [0.2, 0.25) is 0 Å². The highest BCUT2D eigenvalue weighted by molar-refractivity contribution is 5.88. The number of hydrogen-bond donors (Lipinski definition) is 1. The fourth-order valence-corrected chi connectivity index (χ4v) is 3.76. The maximum Gasteiger partial charge on any atom is 0.335 e. The summed E-state index contributed by atoms with van der Waals surface area (Å²) in [5.41, 5.74) is 2.81. The van der Waals surface area contributed by atoms with Gasteiger partial charge in [-0.05, 0) is 62.3 Å². The number of fused-ring (bicyclic) bond motifs is 1. The van der Waals surface area contributed by atoms with Gasteiger partial charge in [-0.25, -0.2) is 4.79 Å². The Bertz CT molecular complexity index is 529. The van der Waals surface area contributed by atoms with Crippen molar-refractivity contribution in [3.63, 3.8) is 0 Å². The van der Waals surface area contributed by atoms with Crippen molar-refractivity contribution in [2.24, 2.45) is 0 Å². The molecule has 1 heterocycles. The molecule has 1 aliphatic heterocycles. The molecule has 0 spiro atoms. The van der Waals surface area contributed by atoms with Gasteiger partial charge in [-0.1, -0.05) is 0 Å². The second kappa shape index (κ2) is 6.06. The average Bonchev–Trinajstić information content (AvgIpc) is 2.53. The fourth-order valence-electron chi connectivity index (χ4n) is 3.76. The Morgan fingerprint density at radius 1 is 1.33 bits per heavy atom. The molecule has 1 aromatic carbocycles. The van der Waals surface area contributed by atoms with E-state index in [4.69, 9.17) is 9.84 Å². The Morgan fingerprint density at radius 3 is 2.95 bits per heavy atom. The van der Waals surface area contributed by atoms with Crippen LogP contribution in [0.1, 0.15) is 48.0 Å². The summed E-state index contributed by atoms with van der Waals surface area (Å²) in [4.78, 5) is 13.6. The van der Waals surface area contributed by atoms with E-state index < -0.39 is 5.97 Å². The van der Waals surface area contributed by atoms with E-state index >= 15 is 0 Å². The number of nitrogens with zero attached hydrogens (tertiary/aromatic N) is 1. The molecule has 0 aromatic heterocycles. The molecular weight excluding hydrogens is 266 g/mol. The third-order valence-electron chi connectivity index (χ3n) is 4.85. The van der Waals surface area contributed by atoms with Crippen LogP contribution in [-0.4, -0.2) is 36.9 Å². The third kappa shape index (κ3) is 2.91. The van der Waals surface area contributed by atoms with Crippen molar-refractivity contribution in [1.82, 2.24) is 0 Å². The summed E-state index contributed by atoms with van der Waals surface area (Å²) in [6, 6.07) is 6.10. The Balaban J connectivity index is 1.84. The first-order chi connectivity index (χ1) is 10.2. The number of benzene rings is 1. The predicted molar refractivity (Wildman–Crippen MR) is 82.1 cm³/mol. The Labute approximate surface area is 125 Å². The Kier molecular flexibility index (Phi) is 4.15. The van der Waals surface area contributed by atoms with Crippen molar-refractivity contribution in [3.05, 3.63) is 29.3 Å². The first-order valence-electron chi connectivity index (χ1n) is 7.84. The van der Waals surface area contributed by atoms with Gasteiger partial charge in [-0.2, -0.15) is 0 Å². The molecule has 0 bridgehead atoms. The van der Waals surface area contributed by atoms with E-state index in [1.807, 2.05) is 12.1 Å². The van der Waals surface area contributed by atoms with Crippen molar-refractivity contribution in [2.75, 3.05) is 18.6 Å². The van der Waals surface area contributed by atoms with Crippen LogP contribution in [0.5, 0.6) is 0 Å². The lowest BCUT2D eigenvalue weighted by Gasteiger charge is -2.41. The second-order valence-corrected chi connectivity index (χ2v) is 6.12. The Morgan fingerprint density at radius 2 is 2.19 bits per heavy atom. The molecule has 2 aliphatic rings. The van der Waals surface area contributed by atoms with Gasteiger partial charge in [0, 0.05) is 25.4 Å². The monoisotopic (exact) mass is 289 g/mol. The van der Waals surface area contributed by atoms with Crippen molar-refractivity contribution >= 4 is 11.7 Å². The molecule has 1 aliphatic carbocycles. The van der Waals surface area contributed by atoms with Gasteiger partial charge in [0.25, 0.3) is 0 Å². The smallest absolute Gasteiger partial charge is 0.335 e. The molecule has 4 heteroatoms. The SMILES string of the molecule is COC1CCCC(N2CCCc3cc(C(=O)O)ccc32)C1. The highest BCUT2D eigenvalue weighted by atomic mass is 16.5. The summed E-state index contributed by atoms with van der Waals surface area (Å²) in [7, 11) is 1.80. The number of ether oxygens (including phenoxy) is 1. The van der Waals surface area contributed by atoms with E-state index in [1.165, 1.54) is 24.1 Å². The van der Waals surface area contributed by atoms with Crippen LogP contribution < -0.4 is 4.90 Å². The van der Waals surface area contributed by atoms with Crippen LogP contribution in [0.15, 0.2) is 18.2 Å². The molecule has 1 fully saturated rings. The number of rotatable bonds is 3. The molecule has 3 rings (SSSR count). The summed E-state index contributed by atoms with van der Waals surface area (Å²) in [5.74, 6) is -0.841. The van der Waals surface area contributed by atoms with E-state index in [-0.39, 0.29) is 0 Å². The minimum atomic E-state index is -0.841. The van der Waals surface area contributed by atoms with Crippen LogP contribution in [0.3, 0.4) is 0 Å². The van der Waals surface area contributed by atoms with Crippen LogP contribution in [0.4, 0.5) is 5.69 Å². The molecule has 0 saturated heterocycles. The minimum Gasteiger partial charge on any atom is -0.478 e. The van der Waals surface area contributed by atoms with Gasteiger partial charge in [0.15, 0.2) is 0 Å².